The normalized spacial score (nSPS) is 12.6. The Morgan fingerprint density at radius 1 is 1.56 bits per heavy atom. The molecule has 2 N–H and O–H groups in total. The second kappa shape index (κ2) is 5.14. The number of aliphatic hydroxyl groups excluding tert-OH is 1. The Labute approximate surface area is 103 Å². The number of amides is 1. The lowest BCUT2D eigenvalue weighted by molar-refractivity contribution is 0.0910. The van der Waals surface area contributed by atoms with Gasteiger partial charge < -0.3 is 14.8 Å². The number of fused-ring (bicyclic) bond motifs is 1. The highest BCUT2D eigenvalue weighted by Crippen LogP contribution is 2.07. The third-order valence-corrected chi connectivity index (χ3v) is 2.70. The van der Waals surface area contributed by atoms with Gasteiger partial charge in [-0.05, 0) is 18.6 Å². The van der Waals surface area contributed by atoms with Crippen LogP contribution in [0.5, 0.6) is 0 Å². The van der Waals surface area contributed by atoms with E-state index in [-0.39, 0.29) is 24.2 Å². The van der Waals surface area contributed by atoms with Crippen LogP contribution in [-0.4, -0.2) is 33.0 Å². The number of nitrogens with zero attached hydrogens (tertiary/aromatic N) is 2. The Bertz CT molecular complexity index is 563. The first-order valence-corrected chi connectivity index (χ1v) is 5.70. The fourth-order valence-corrected chi connectivity index (χ4v) is 1.61. The molecule has 2 heterocycles. The maximum atomic E-state index is 13.0. The molecule has 0 aliphatic carbocycles. The van der Waals surface area contributed by atoms with E-state index in [0.29, 0.717) is 12.1 Å². The first-order valence-electron chi connectivity index (χ1n) is 5.70. The number of hydrogen-bond donors (Lipinski definition) is 2. The van der Waals surface area contributed by atoms with Gasteiger partial charge in [-0.25, -0.2) is 9.37 Å². The molecule has 2 rings (SSSR count). The molecule has 1 atom stereocenters. The van der Waals surface area contributed by atoms with Crippen molar-refractivity contribution >= 4 is 11.6 Å². The van der Waals surface area contributed by atoms with E-state index in [1.165, 1.54) is 28.9 Å². The highest BCUT2D eigenvalue weighted by Gasteiger charge is 2.14. The van der Waals surface area contributed by atoms with E-state index in [1.54, 1.807) is 0 Å². The summed E-state index contributed by atoms with van der Waals surface area (Å²) in [7, 11) is 0. The smallest absolute Gasteiger partial charge is 0.271 e. The van der Waals surface area contributed by atoms with Crippen molar-refractivity contribution < 1.29 is 14.3 Å². The maximum absolute atomic E-state index is 13.0. The zero-order valence-corrected chi connectivity index (χ0v) is 9.93. The Hall–Kier alpha value is -1.95. The molecule has 0 aliphatic rings. The summed E-state index contributed by atoms with van der Waals surface area (Å²) in [6.07, 6.45) is 3.34. The molecule has 0 radical (unpaired) electrons. The molecule has 0 fully saturated rings. The molecule has 1 amide bonds. The number of hydrogen-bond acceptors (Lipinski definition) is 3. The van der Waals surface area contributed by atoms with E-state index in [2.05, 4.69) is 10.3 Å². The average Bonchev–Trinajstić information content (AvgIpc) is 2.78. The van der Waals surface area contributed by atoms with Gasteiger partial charge in [0.1, 0.15) is 17.2 Å². The summed E-state index contributed by atoms with van der Waals surface area (Å²) in [5.74, 6) is -0.770. The van der Waals surface area contributed by atoms with Gasteiger partial charge >= 0.3 is 0 Å². The molecule has 0 spiro atoms. The summed E-state index contributed by atoms with van der Waals surface area (Å²) in [5, 5.41) is 11.7. The molecule has 0 aromatic carbocycles. The molecule has 0 aliphatic heterocycles. The second-order valence-electron chi connectivity index (χ2n) is 4.00. The molecule has 0 saturated heterocycles. The van der Waals surface area contributed by atoms with Gasteiger partial charge in [-0.15, -0.1) is 0 Å². The van der Waals surface area contributed by atoms with Crippen LogP contribution >= 0.6 is 0 Å². The Morgan fingerprint density at radius 3 is 3.00 bits per heavy atom. The van der Waals surface area contributed by atoms with Crippen molar-refractivity contribution in [1.29, 1.82) is 0 Å². The number of nitrogens with one attached hydrogen (secondary N) is 1. The number of aromatic nitrogens is 2. The molecule has 0 saturated carbocycles. The fraction of sp³-hybridized carbons (Fsp3) is 0.333. The summed E-state index contributed by atoms with van der Waals surface area (Å²) < 4.78 is 14.4. The number of imidazole rings is 1. The van der Waals surface area contributed by atoms with E-state index in [4.69, 9.17) is 5.11 Å². The standard InChI is InChI=1S/C12H14FN3O2/c1-2-9(7-17)14-12(18)10-6-16-5-8(13)3-4-11(16)15-10/h3-6,9,17H,2,7H2,1H3,(H,14,18). The molecule has 2 aromatic rings. The largest absolute Gasteiger partial charge is 0.394 e. The summed E-state index contributed by atoms with van der Waals surface area (Å²) in [6, 6.07) is 2.49. The van der Waals surface area contributed by atoms with Crippen LogP contribution in [0, 0.1) is 5.82 Å². The van der Waals surface area contributed by atoms with Crippen LogP contribution in [-0.2, 0) is 0 Å². The summed E-state index contributed by atoms with van der Waals surface area (Å²) >= 11 is 0. The molecule has 5 nitrogen and oxygen atoms in total. The number of rotatable bonds is 4. The van der Waals surface area contributed by atoms with Crippen LogP contribution < -0.4 is 5.32 Å². The van der Waals surface area contributed by atoms with E-state index < -0.39 is 5.82 Å². The van der Waals surface area contributed by atoms with E-state index in [1.807, 2.05) is 6.92 Å². The van der Waals surface area contributed by atoms with E-state index in [9.17, 15) is 9.18 Å². The van der Waals surface area contributed by atoms with Crippen LogP contribution in [0.15, 0.2) is 24.5 Å². The van der Waals surface area contributed by atoms with Gasteiger partial charge in [0.05, 0.1) is 12.6 Å². The van der Waals surface area contributed by atoms with Gasteiger partial charge in [-0.1, -0.05) is 6.92 Å². The lowest BCUT2D eigenvalue weighted by Gasteiger charge is -2.12. The lowest BCUT2D eigenvalue weighted by atomic mass is 10.2. The lowest BCUT2D eigenvalue weighted by Crippen LogP contribution is -2.37. The molecule has 2 aromatic heterocycles. The zero-order chi connectivity index (χ0) is 13.1. The van der Waals surface area contributed by atoms with Crippen molar-refractivity contribution in [2.45, 2.75) is 19.4 Å². The summed E-state index contributed by atoms with van der Waals surface area (Å²) in [5.41, 5.74) is 0.700. The van der Waals surface area contributed by atoms with Crippen molar-refractivity contribution in [3.8, 4) is 0 Å². The van der Waals surface area contributed by atoms with Gasteiger partial charge in [0.15, 0.2) is 0 Å². The molecular weight excluding hydrogens is 237 g/mol. The van der Waals surface area contributed by atoms with Gasteiger partial charge in [-0.3, -0.25) is 4.79 Å². The van der Waals surface area contributed by atoms with Crippen molar-refractivity contribution in [2.75, 3.05) is 6.61 Å². The molecular formula is C12H14FN3O2. The van der Waals surface area contributed by atoms with Gasteiger partial charge in [0.25, 0.3) is 5.91 Å². The predicted octanol–water partition coefficient (Wildman–Crippen LogP) is 0.974. The number of aliphatic hydroxyl groups is 1. The van der Waals surface area contributed by atoms with Crippen molar-refractivity contribution in [3.63, 3.8) is 0 Å². The average molecular weight is 251 g/mol. The van der Waals surface area contributed by atoms with Gasteiger partial charge in [0, 0.05) is 12.4 Å². The summed E-state index contributed by atoms with van der Waals surface area (Å²) in [4.78, 5) is 15.9. The number of pyridine rings is 1. The maximum Gasteiger partial charge on any atom is 0.271 e. The van der Waals surface area contributed by atoms with Crippen LogP contribution in [0.4, 0.5) is 4.39 Å². The topological polar surface area (TPSA) is 66.6 Å². The third-order valence-electron chi connectivity index (χ3n) is 2.70. The Kier molecular flexibility index (Phi) is 3.57. The minimum absolute atomic E-state index is 0.121. The molecule has 96 valence electrons. The van der Waals surface area contributed by atoms with Crippen LogP contribution in [0.2, 0.25) is 0 Å². The van der Waals surface area contributed by atoms with Crippen molar-refractivity contribution in [2.24, 2.45) is 0 Å². The highest BCUT2D eigenvalue weighted by atomic mass is 19.1. The Morgan fingerprint density at radius 2 is 2.33 bits per heavy atom. The SMILES string of the molecule is CCC(CO)NC(=O)c1cn2cc(F)ccc2n1. The van der Waals surface area contributed by atoms with Gasteiger partial charge in [-0.2, -0.15) is 0 Å². The number of halogens is 1. The first kappa shape index (κ1) is 12.5. The molecule has 0 bridgehead atoms. The highest BCUT2D eigenvalue weighted by molar-refractivity contribution is 5.93. The van der Waals surface area contributed by atoms with Crippen LogP contribution in [0.1, 0.15) is 23.8 Å². The minimum atomic E-state index is -0.395. The Balaban J connectivity index is 2.23. The van der Waals surface area contributed by atoms with Gasteiger partial charge in [0.2, 0.25) is 0 Å². The number of carbonyl (C=O) groups is 1. The minimum Gasteiger partial charge on any atom is -0.394 e. The fourth-order valence-electron chi connectivity index (χ4n) is 1.61. The first-order chi connectivity index (χ1) is 8.63. The van der Waals surface area contributed by atoms with E-state index in [0.717, 1.165) is 0 Å². The monoisotopic (exact) mass is 251 g/mol. The van der Waals surface area contributed by atoms with E-state index >= 15 is 0 Å². The summed E-state index contributed by atoms with van der Waals surface area (Å²) in [6.45, 7) is 1.74. The quantitative estimate of drug-likeness (QED) is 0.851. The van der Waals surface area contributed by atoms with Crippen molar-refractivity contribution in [3.05, 3.63) is 36.0 Å². The second-order valence-corrected chi connectivity index (χ2v) is 4.00. The van der Waals surface area contributed by atoms with Crippen molar-refractivity contribution in [1.82, 2.24) is 14.7 Å². The zero-order valence-electron chi connectivity index (χ0n) is 9.93. The molecule has 1 unspecified atom stereocenters. The molecule has 6 heteroatoms. The molecule has 18 heavy (non-hydrogen) atoms. The van der Waals surface area contributed by atoms with Crippen LogP contribution in [0.3, 0.4) is 0 Å². The third kappa shape index (κ3) is 2.48. The van der Waals surface area contributed by atoms with Crippen LogP contribution in [0.25, 0.3) is 5.65 Å². The number of carbonyl (C=O) groups excluding carboxylic acids is 1. The predicted molar refractivity (Wildman–Crippen MR) is 63.8 cm³/mol.